The molecular formula is C11H15NO2. The molecule has 1 aromatic rings. The van der Waals surface area contributed by atoms with Gasteiger partial charge in [0.25, 0.3) is 0 Å². The van der Waals surface area contributed by atoms with Gasteiger partial charge in [0.15, 0.2) is 0 Å². The maximum Gasteiger partial charge on any atom is 0.142 e. The molecule has 0 aliphatic rings. The van der Waals surface area contributed by atoms with Gasteiger partial charge in [-0.2, -0.15) is 0 Å². The summed E-state index contributed by atoms with van der Waals surface area (Å²) in [4.78, 5) is 5.07. The van der Waals surface area contributed by atoms with Crippen LogP contribution in [0.15, 0.2) is 29.4 Å². The summed E-state index contributed by atoms with van der Waals surface area (Å²) in [6, 6.07) is 7.74. The minimum absolute atomic E-state index is 0.480. The van der Waals surface area contributed by atoms with Gasteiger partial charge in [-0.25, -0.2) is 0 Å². The zero-order valence-electron chi connectivity index (χ0n) is 8.56. The predicted molar refractivity (Wildman–Crippen MR) is 56.6 cm³/mol. The number of rotatable bonds is 5. The molecule has 0 amide bonds. The molecule has 0 aliphatic carbocycles. The van der Waals surface area contributed by atoms with E-state index < -0.39 is 0 Å². The van der Waals surface area contributed by atoms with E-state index in [9.17, 15) is 0 Å². The van der Waals surface area contributed by atoms with Gasteiger partial charge in [-0.05, 0) is 24.1 Å². The first-order chi connectivity index (χ1) is 6.86. The molecule has 0 atom stereocenters. The maximum absolute atomic E-state index is 5.09. The van der Waals surface area contributed by atoms with Gasteiger partial charge in [-0.3, -0.25) is 0 Å². The average molecular weight is 193 g/mol. The molecule has 0 unspecified atom stereocenters. The second-order valence-corrected chi connectivity index (χ2v) is 2.82. The molecule has 0 N–H and O–H groups in total. The Hall–Kier alpha value is -1.51. The van der Waals surface area contributed by atoms with Crippen LogP contribution >= 0.6 is 0 Å². The van der Waals surface area contributed by atoms with Crippen molar-refractivity contribution in [2.24, 2.45) is 5.16 Å². The van der Waals surface area contributed by atoms with E-state index in [1.165, 1.54) is 0 Å². The monoisotopic (exact) mass is 193 g/mol. The molecule has 0 spiro atoms. The largest absolute Gasteiger partial charge is 0.497 e. The minimum atomic E-state index is 0.480. The lowest BCUT2D eigenvalue weighted by atomic mass is 10.2. The number of hydrogen-bond donors (Lipinski definition) is 0. The van der Waals surface area contributed by atoms with E-state index in [-0.39, 0.29) is 0 Å². The number of nitrogens with zero attached hydrogens (tertiary/aromatic N) is 1. The third-order valence-corrected chi connectivity index (χ3v) is 1.70. The molecule has 0 saturated carbocycles. The summed E-state index contributed by atoms with van der Waals surface area (Å²) in [5, 5.41) is 3.77. The van der Waals surface area contributed by atoms with Gasteiger partial charge in [-0.1, -0.05) is 24.2 Å². The topological polar surface area (TPSA) is 30.8 Å². The van der Waals surface area contributed by atoms with Crippen molar-refractivity contribution in [3.05, 3.63) is 29.8 Å². The Morgan fingerprint density at radius 3 is 3.00 bits per heavy atom. The molecule has 3 nitrogen and oxygen atoms in total. The fraction of sp³-hybridized carbons (Fsp3) is 0.364. The lowest BCUT2D eigenvalue weighted by Crippen LogP contribution is -1.89. The first-order valence-corrected chi connectivity index (χ1v) is 4.63. The van der Waals surface area contributed by atoms with Gasteiger partial charge < -0.3 is 9.57 Å². The molecular weight excluding hydrogens is 178 g/mol. The number of ether oxygens (including phenoxy) is 1. The zero-order chi connectivity index (χ0) is 10.2. The lowest BCUT2D eigenvalue weighted by Gasteiger charge is -2.02. The second-order valence-electron chi connectivity index (χ2n) is 2.82. The quantitative estimate of drug-likeness (QED) is 0.531. The zero-order valence-corrected chi connectivity index (χ0v) is 8.56. The molecule has 14 heavy (non-hydrogen) atoms. The van der Waals surface area contributed by atoms with Crippen LogP contribution in [0.3, 0.4) is 0 Å². The van der Waals surface area contributed by atoms with E-state index in [4.69, 9.17) is 9.57 Å². The number of oxime groups is 1. The van der Waals surface area contributed by atoms with Crippen molar-refractivity contribution in [1.82, 2.24) is 0 Å². The molecule has 0 aliphatic heterocycles. The van der Waals surface area contributed by atoms with Crippen molar-refractivity contribution in [3.63, 3.8) is 0 Å². The van der Waals surface area contributed by atoms with Crippen LogP contribution in [0, 0.1) is 0 Å². The summed E-state index contributed by atoms with van der Waals surface area (Å²) in [6.45, 7) is 2.49. The molecule has 1 aromatic carbocycles. The Kier molecular flexibility index (Phi) is 4.55. The van der Waals surface area contributed by atoms with Gasteiger partial charge in [-0.15, -0.1) is 0 Å². The summed E-state index contributed by atoms with van der Waals surface area (Å²) in [5.41, 5.74) is 1.05. The van der Waals surface area contributed by atoms with E-state index in [1.807, 2.05) is 31.2 Å². The van der Waals surface area contributed by atoms with Gasteiger partial charge in [0.05, 0.1) is 7.11 Å². The Morgan fingerprint density at radius 2 is 2.29 bits per heavy atom. The molecule has 0 fully saturated rings. The fourth-order valence-electron chi connectivity index (χ4n) is 1.00. The molecule has 0 aromatic heterocycles. The first kappa shape index (κ1) is 10.6. The summed E-state index contributed by atoms with van der Waals surface area (Å²) in [7, 11) is 1.65. The molecule has 3 heteroatoms. The Bertz CT molecular complexity index is 297. The molecule has 0 saturated heterocycles. The number of benzene rings is 1. The molecule has 76 valence electrons. The van der Waals surface area contributed by atoms with Crippen molar-refractivity contribution in [3.8, 4) is 5.75 Å². The van der Waals surface area contributed by atoms with Crippen molar-refractivity contribution in [2.75, 3.05) is 7.11 Å². The van der Waals surface area contributed by atoms with Gasteiger partial charge >= 0.3 is 0 Å². The van der Waals surface area contributed by atoms with Crippen LogP contribution in [-0.4, -0.2) is 13.3 Å². The minimum Gasteiger partial charge on any atom is -0.497 e. The van der Waals surface area contributed by atoms with Gasteiger partial charge in [0.2, 0.25) is 0 Å². The van der Waals surface area contributed by atoms with Crippen molar-refractivity contribution >= 4 is 6.21 Å². The van der Waals surface area contributed by atoms with Crippen LogP contribution in [0.1, 0.15) is 18.9 Å². The van der Waals surface area contributed by atoms with E-state index in [0.29, 0.717) is 6.61 Å². The molecule has 0 bridgehead atoms. The van der Waals surface area contributed by atoms with Crippen molar-refractivity contribution in [1.29, 1.82) is 0 Å². The molecule has 1 rings (SSSR count). The Morgan fingerprint density at radius 1 is 1.43 bits per heavy atom. The second kappa shape index (κ2) is 6.02. The highest BCUT2D eigenvalue weighted by Crippen LogP contribution is 2.13. The Balaban J connectivity index is 2.46. The normalized spacial score (nSPS) is 10.4. The maximum atomic E-state index is 5.09. The van der Waals surface area contributed by atoms with E-state index in [0.717, 1.165) is 17.7 Å². The summed E-state index contributed by atoms with van der Waals surface area (Å²) in [6.07, 6.45) is 2.62. The average Bonchev–Trinajstić information content (AvgIpc) is 2.25. The van der Waals surface area contributed by atoms with Gasteiger partial charge in [0, 0.05) is 6.21 Å². The lowest BCUT2D eigenvalue weighted by molar-refractivity contribution is 0.131. The van der Waals surface area contributed by atoms with Crippen LogP contribution in [0.5, 0.6) is 5.75 Å². The van der Waals surface area contributed by atoms with Crippen LogP contribution < -0.4 is 4.74 Å². The highest BCUT2D eigenvalue weighted by molar-refractivity contribution is 5.55. The molecule has 0 radical (unpaired) electrons. The predicted octanol–water partition coefficient (Wildman–Crippen LogP) is 2.61. The fourth-order valence-corrected chi connectivity index (χ4v) is 1.00. The van der Waals surface area contributed by atoms with Crippen LogP contribution in [-0.2, 0) is 11.4 Å². The first-order valence-electron chi connectivity index (χ1n) is 4.63. The Labute approximate surface area is 84.3 Å². The number of methoxy groups -OCH3 is 1. The smallest absolute Gasteiger partial charge is 0.142 e. The van der Waals surface area contributed by atoms with Crippen molar-refractivity contribution in [2.45, 2.75) is 20.0 Å². The van der Waals surface area contributed by atoms with Crippen LogP contribution in [0.25, 0.3) is 0 Å². The summed E-state index contributed by atoms with van der Waals surface area (Å²) >= 11 is 0. The van der Waals surface area contributed by atoms with Gasteiger partial charge in [0.1, 0.15) is 12.4 Å². The third kappa shape index (κ3) is 3.47. The molecule has 0 heterocycles. The van der Waals surface area contributed by atoms with Crippen LogP contribution in [0.4, 0.5) is 0 Å². The summed E-state index contributed by atoms with van der Waals surface area (Å²) < 4.78 is 5.09. The SMILES string of the molecule is CC/C=N/OCc1cccc(OC)c1. The summed E-state index contributed by atoms with van der Waals surface area (Å²) in [5.74, 6) is 0.838. The van der Waals surface area contributed by atoms with E-state index in [1.54, 1.807) is 13.3 Å². The van der Waals surface area contributed by atoms with Crippen molar-refractivity contribution < 1.29 is 9.57 Å². The van der Waals surface area contributed by atoms with E-state index in [2.05, 4.69) is 5.16 Å². The number of hydrogen-bond acceptors (Lipinski definition) is 3. The highest BCUT2D eigenvalue weighted by atomic mass is 16.6. The van der Waals surface area contributed by atoms with Crippen LogP contribution in [0.2, 0.25) is 0 Å². The standard InChI is InChI=1S/C11H15NO2/c1-3-7-12-14-9-10-5-4-6-11(8-10)13-2/h4-8H,3,9H2,1-2H3/b12-7+. The highest BCUT2D eigenvalue weighted by Gasteiger charge is 1.94. The van der Waals surface area contributed by atoms with E-state index >= 15 is 0 Å². The third-order valence-electron chi connectivity index (χ3n) is 1.70.